The van der Waals surface area contributed by atoms with Crippen LogP contribution in [0.3, 0.4) is 0 Å². The molecule has 1 aliphatic rings. The number of hydrogen-bond acceptors (Lipinski definition) is 1. The maximum absolute atomic E-state index is 2.38. The molecule has 1 heteroatoms. The molecule has 0 aromatic heterocycles. The maximum Gasteiger partial charge on any atom is 0.0540 e. The van der Waals surface area contributed by atoms with Crippen LogP contribution in [0, 0.1) is 0 Å². The molecule has 1 aliphatic carbocycles. The van der Waals surface area contributed by atoms with E-state index in [1.54, 1.807) is 0 Å². The first kappa shape index (κ1) is 19.8. The molecular weight excluding hydrogens is 422 g/mol. The number of para-hydroxylation sites is 1. The van der Waals surface area contributed by atoms with Crippen molar-refractivity contribution in [2.75, 3.05) is 4.90 Å². The summed E-state index contributed by atoms with van der Waals surface area (Å²) in [6, 6.07) is 50.1. The van der Waals surface area contributed by atoms with Crippen LogP contribution in [0.25, 0.3) is 44.2 Å². The van der Waals surface area contributed by atoms with Crippen molar-refractivity contribution in [3.8, 4) is 33.4 Å². The molecule has 0 radical (unpaired) electrons. The molecule has 0 bridgehead atoms. The number of anilines is 3. The summed E-state index contributed by atoms with van der Waals surface area (Å²) in [4.78, 5) is 2.38. The number of rotatable bonds is 4. The van der Waals surface area contributed by atoms with Gasteiger partial charge in [-0.25, -0.2) is 0 Å². The molecule has 0 aliphatic heterocycles. The lowest BCUT2D eigenvalue weighted by atomic mass is 10.00. The van der Waals surface area contributed by atoms with Gasteiger partial charge in [0.05, 0.1) is 5.69 Å². The summed E-state index contributed by atoms with van der Waals surface area (Å²) in [6.07, 6.45) is 0. The largest absolute Gasteiger partial charge is 0.310 e. The van der Waals surface area contributed by atoms with Crippen LogP contribution in [-0.2, 0) is 0 Å². The van der Waals surface area contributed by atoms with Crippen molar-refractivity contribution in [1.29, 1.82) is 0 Å². The first-order chi connectivity index (χ1) is 17.4. The average Bonchev–Trinajstić information content (AvgIpc) is 3.27. The van der Waals surface area contributed by atoms with E-state index in [1.807, 2.05) is 0 Å². The van der Waals surface area contributed by atoms with Crippen LogP contribution in [0.15, 0.2) is 140 Å². The Morgan fingerprint density at radius 3 is 1.60 bits per heavy atom. The standard InChI is InChI=1S/C34H23N/c1-3-10-24(11-4-1)25-18-20-27(21-19-25)35(26-12-5-2-6-13-26)33-23-22-31-29-15-8-7-14-28(29)30-16-9-17-32(33)34(30)31/h1-23H. The van der Waals surface area contributed by atoms with E-state index in [-0.39, 0.29) is 0 Å². The Balaban J connectivity index is 1.43. The molecule has 35 heavy (non-hydrogen) atoms. The topological polar surface area (TPSA) is 3.24 Å². The van der Waals surface area contributed by atoms with Gasteiger partial charge < -0.3 is 4.90 Å². The third kappa shape index (κ3) is 3.17. The highest BCUT2D eigenvalue weighted by Gasteiger charge is 2.24. The van der Waals surface area contributed by atoms with Crippen molar-refractivity contribution in [2.24, 2.45) is 0 Å². The second-order valence-corrected chi connectivity index (χ2v) is 8.99. The van der Waals surface area contributed by atoms with Crippen LogP contribution in [-0.4, -0.2) is 0 Å². The SMILES string of the molecule is c1ccc(-c2ccc(N(c3ccccc3)c3ccc4c5c(cccc35)-c3ccccc3-4)cc2)cc1. The van der Waals surface area contributed by atoms with Crippen LogP contribution < -0.4 is 4.90 Å². The van der Waals surface area contributed by atoms with E-state index in [0.29, 0.717) is 0 Å². The zero-order chi connectivity index (χ0) is 23.2. The van der Waals surface area contributed by atoms with E-state index in [1.165, 1.54) is 49.8 Å². The van der Waals surface area contributed by atoms with Gasteiger partial charge in [0, 0.05) is 16.8 Å². The van der Waals surface area contributed by atoms with Crippen LogP contribution in [0.1, 0.15) is 0 Å². The number of hydrogen-bond donors (Lipinski definition) is 0. The molecule has 0 atom stereocenters. The van der Waals surface area contributed by atoms with Crippen LogP contribution in [0.5, 0.6) is 0 Å². The predicted octanol–water partition coefficient (Wildman–Crippen LogP) is 9.62. The van der Waals surface area contributed by atoms with E-state index in [9.17, 15) is 0 Å². The van der Waals surface area contributed by atoms with E-state index in [2.05, 4.69) is 144 Å². The van der Waals surface area contributed by atoms with E-state index < -0.39 is 0 Å². The summed E-state index contributed by atoms with van der Waals surface area (Å²) in [7, 11) is 0. The van der Waals surface area contributed by atoms with E-state index in [4.69, 9.17) is 0 Å². The molecule has 0 unspecified atom stereocenters. The summed E-state index contributed by atoms with van der Waals surface area (Å²) in [6.45, 7) is 0. The predicted molar refractivity (Wildman–Crippen MR) is 148 cm³/mol. The van der Waals surface area contributed by atoms with Crippen molar-refractivity contribution in [2.45, 2.75) is 0 Å². The maximum atomic E-state index is 2.38. The van der Waals surface area contributed by atoms with Gasteiger partial charge >= 0.3 is 0 Å². The van der Waals surface area contributed by atoms with Gasteiger partial charge in [0.25, 0.3) is 0 Å². The summed E-state index contributed by atoms with van der Waals surface area (Å²) in [5.41, 5.74) is 11.2. The number of fused-ring (bicyclic) bond motifs is 3. The van der Waals surface area contributed by atoms with Gasteiger partial charge in [0.2, 0.25) is 0 Å². The number of benzene rings is 6. The molecule has 6 aromatic carbocycles. The van der Waals surface area contributed by atoms with Crippen molar-refractivity contribution in [3.63, 3.8) is 0 Å². The van der Waals surface area contributed by atoms with Crippen molar-refractivity contribution in [1.82, 2.24) is 0 Å². The average molecular weight is 446 g/mol. The van der Waals surface area contributed by atoms with Crippen LogP contribution in [0.2, 0.25) is 0 Å². The van der Waals surface area contributed by atoms with E-state index in [0.717, 1.165) is 11.4 Å². The number of nitrogens with zero attached hydrogens (tertiary/aromatic N) is 1. The Kier molecular flexibility index (Phi) is 4.53. The lowest BCUT2D eigenvalue weighted by Crippen LogP contribution is -2.10. The summed E-state index contributed by atoms with van der Waals surface area (Å²) in [5, 5.41) is 2.61. The van der Waals surface area contributed by atoms with Gasteiger partial charge in [-0.2, -0.15) is 0 Å². The lowest BCUT2D eigenvalue weighted by molar-refractivity contribution is 1.30. The molecule has 7 rings (SSSR count). The van der Waals surface area contributed by atoms with Crippen LogP contribution in [0.4, 0.5) is 17.1 Å². The Labute approximate surface area is 205 Å². The van der Waals surface area contributed by atoms with Gasteiger partial charge in [-0.15, -0.1) is 0 Å². The zero-order valence-corrected chi connectivity index (χ0v) is 19.2. The molecule has 0 saturated carbocycles. The van der Waals surface area contributed by atoms with Crippen LogP contribution >= 0.6 is 0 Å². The molecule has 0 fully saturated rings. The Bertz CT molecular complexity index is 1640. The fourth-order valence-corrected chi connectivity index (χ4v) is 5.43. The zero-order valence-electron chi connectivity index (χ0n) is 19.2. The van der Waals surface area contributed by atoms with Crippen molar-refractivity contribution < 1.29 is 0 Å². The van der Waals surface area contributed by atoms with Gasteiger partial charge in [0.15, 0.2) is 0 Å². The molecule has 0 amide bonds. The lowest BCUT2D eigenvalue weighted by Gasteiger charge is -2.27. The minimum absolute atomic E-state index is 1.15. The summed E-state index contributed by atoms with van der Waals surface area (Å²) in [5.74, 6) is 0. The molecule has 0 heterocycles. The molecule has 164 valence electrons. The Hall–Kier alpha value is -4.62. The monoisotopic (exact) mass is 445 g/mol. The van der Waals surface area contributed by atoms with Gasteiger partial charge in [0.1, 0.15) is 0 Å². The minimum Gasteiger partial charge on any atom is -0.310 e. The molecule has 0 N–H and O–H groups in total. The second kappa shape index (κ2) is 8.00. The molecule has 0 saturated heterocycles. The minimum atomic E-state index is 1.15. The fourth-order valence-electron chi connectivity index (χ4n) is 5.43. The van der Waals surface area contributed by atoms with Crippen molar-refractivity contribution in [3.05, 3.63) is 140 Å². The Morgan fingerprint density at radius 1 is 0.343 bits per heavy atom. The fraction of sp³-hybridized carbons (Fsp3) is 0. The highest BCUT2D eigenvalue weighted by molar-refractivity contribution is 6.19. The third-order valence-corrected chi connectivity index (χ3v) is 7.01. The van der Waals surface area contributed by atoms with Gasteiger partial charge in [-0.05, 0) is 69.1 Å². The second-order valence-electron chi connectivity index (χ2n) is 8.99. The Morgan fingerprint density at radius 2 is 0.886 bits per heavy atom. The highest BCUT2D eigenvalue weighted by Crippen LogP contribution is 2.50. The van der Waals surface area contributed by atoms with Crippen molar-refractivity contribution >= 4 is 27.8 Å². The quantitative estimate of drug-likeness (QED) is 0.261. The molecule has 0 spiro atoms. The first-order valence-electron chi connectivity index (χ1n) is 12.0. The van der Waals surface area contributed by atoms with E-state index >= 15 is 0 Å². The van der Waals surface area contributed by atoms with Gasteiger partial charge in [-0.1, -0.05) is 109 Å². The third-order valence-electron chi connectivity index (χ3n) is 7.01. The summed E-state index contributed by atoms with van der Waals surface area (Å²) >= 11 is 0. The summed E-state index contributed by atoms with van der Waals surface area (Å²) < 4.78 is 0. The molecular formula is C34H23N. The first-order valence-corrected chi connectivity index (χ1v) is 12.0. The van der Waals surface area contributed by atoms with Gasteiger partial charge in [-0.3, -0.25) is 0 Å². The normalized spacial score (nSPS) is 11.4. The molecule has 6 aromatic rings. The highest BCUT2D eigenvalue weighted by atomic mass is 15.1. The smallest absolute Gasteiger partial charge is 0.0540 e. The molecule has 1 nitrogen and oxygen atoms in total.